The van der Waals surface area contributed by atoms with Crippen molar-refractivity contribution in [2.24, 2.45) is 5.92 Å². The van der Waals surface area contributed by atoms with Gasteiger partial charge in [0.25, 0.3) is 0 Å². The standard InChI is InChI=1S/C18H29N3O/c1-14(2)16-6-4-5-7-17(16)20-18(22)13-21-10-8-15(9-11-21)12-19-3/h4-7,14-15,19H,8-13H2,1-3H3,(H,20,22). The third-order valence-corrected chi connectivity index (χ3v) is 4.42. The van der Waals surface area contributed by atoms with E-state index in [1.54, 1.807) is 0 Å². The molecule has 22 heavy (non-hydrogen) atoms. The number of anilines is 1. The summed E-state index contributed by atoms with van der Waals surface area (Å²) in [5.41, 5.74) is 2.15. The van der Waals surface area contributed by atoms with E-state index in [9.17, 15) is 4.79 Å². The summed E-state index contributed by atoms with van der Waals surface area (Å²) in [6.07, 6.45) is 2.35. The smallest absolute Gasteiger partial charge is 0.238 e. The maximum Gasteiger partial charge on any atom is 0.238 e. The van der Waals surface area contributed by atoms with Crippen LogP contribution in [0.3, 0.4) is 0 Å². The Labute approximate surface area is 134 Å². The second-order valence-corrected chi connectivity index (χ2v) is 6.57. The fraction of sp³-hybridized carbons (Fsp3) is 0.611. The quantitative estimate of drug-likeness (QED) is 0.849. The van der Waals surface area contributed by atoms with Gasteiger partial charge in [0.15, 0.2) is 0 Å². The first-order valence-electron chi connectivity index (χ1n) is 8.36. The molecule has 1 aromatic carbocycles. The molecule has 0 aromatic heterocycles. The van der Waals surface area contributed by atoms with E-state index in [0.29, 0.717) is 12.5 Å². The molecule has 0 radical (unpaired) electrons. The molecule has 1 aromatic rings. The van der Waals surface area contributed by atoms with Gasteiger partial charge in [-0.1, -0.05) is 32.0 Å². The maximum atomic E-state index is 12.3. The van der Waals surface area contributed by atoms with Crippen LogP contribution in [0.1, 0.15) is 38.2 Å². The summed E-state index contributed by atoms with van der Waals surface area (Å²) in [6.45, 7) is 7.92. The van der Waals surface area contributed by atoms with Crippen LogP contribution in [0, 0.1) is 5.92 Å². The Morgan fingerprint density at radius 1 is 1.27 bits per heavy atom. The van der Waals surface area contributed by atoms with E-state index in [2.05, 4.69) is 35.4 Å². The fourth-order valence-corrected chi connectivity index (χ4v) is 3.14. The lowest BCUT2D eigenvalue weighted by Gasteiger charge is -2.31. The zero-order valence-corrected chi connectivity index (χ0v) is 14.1. The Kier molecular flexibility index (Phi) is 6.40. The predicted octanol–water partition coefficient (Wildman–Crippen LogP) is 2.68. The van der Waals surface area contributed by atoms with Crippen molar-refractivity contribution in [3.8, 4) is 0 Å². The number of amides is 1. The number of rotatable bonds is 6. The monoisotopic (exact) mass is 303 g/mol. The highest BCUT2D eigenvalue weighted by atomic mass is 16.2. The molecule has 0 bridgehead atoms. The minimum absolute atomic E-state index is 0.0974. The summed E-state index contributed by atoms with van der Waals surface area (Å²) in [5, 5.41) is 6.33. The van der Waals surface area contributed by atoms with E-state index >= 15 is 0 Å². The van der Waals surface area contributed by atoms with Gasteiger partial charge >= 0.3 is 0 Å². The molecule has 2 rings (SSSR count). The molecule has 4 nitrogen and oxygen atoms in total. The second kappa shape index (κ2) is 8.30. The normalized spacial score (nSPS) is 16.9. The molecule has 2 N–H and O–H groups in total. The Balaban J connectivity index is 1.84. The molecule has 4 heteroatoms. The molecule has 122 valence electrons. The van der Waals surface area contributed by atoms with Gasteiger partial charge in [-0.3, -0.25) is 9.69 Å². The maximum absolute atomic E-state index is 12.3. The van der Waals surface area contributed by atoms with Gasteiger partial charge in [0.2, 0.25) is 5.91 Å². The zero-order valence-electron chi connectivity index (χ0n) is 14.1. The Morgan fingerprint density at radius 2 is 1.95 bits per heavy atom. The van der Waals surface area contributed by atoms with Crippen molar-refractivity contribution in [3.63, 3.8) is 0 Å². The third-order valence-electron chi connectivity index (χ3n) is 4.42. The number of carbonyl (C=O) groups is 1. The van der Waals surface area contributed by atoms with Gasteiger partial charge < -0.3 is 10.6 Å². The van der Waals surface area contributed by atoms with Crippen LogP contribution in [0.15, 0.2) is 24.3 Å². The van der Waals surface area contributed by atoms with Crippen LogP contribution in [0.2, 0.25) is 0 Å². The van der Waals surface area contributed by atoms with Crippen molar-refractivity contribution in [1.82, 2.24) is 10.2 Å². The van der Waals surface area contributed by atoms with E-state index in [-0.39, 0.29) is 5.91 Å². The van der Waals surface area contributed by atoms with Crippen LogP contribution in [0.5, 0.6) is 0 Å². The van der Waals surface area contributed by atoms with E-state index in [0.717, 1.165) is 31.2 Å². The summed E-state index contributed by atoms with van der Waals surface area (Å²) in [5.74, 6) is 1.26. The third kappa shape index (κ3) is 4.82. The number of hydrogen-bond acceptors (Lipinski definition) is 3. The van der Waals surface area contributed by atoms with E-state index in [1.165, 1.54) is 18.4 Å². The fourth-order valence-electron chi connectivity index (χ4n) is 3.14. The van der Waals surface area contributed by atoms with Crippen molar-refractivity contribution in [3.05, 3.63) is 29.8 Å². The summed E-state index contributed by atoms with van der Waals surface area (Å²) in [6, 6.07) is 8.08. The number of benzene rings is 1. The second-order valence-electron chi connectivity index (χ2n) is 6.57. The summed E-state index contributed by atoms with van der Waals surface area (Å²) < 4.78 is 0. The van der Waals surface area contributed by atoms with Gasteiger partial charge in [0.05, 0.1) is 6.54 Å². The average molecular weight is 303 g/mol. The molecule has 0 saturated carbocycles. The van der Waals surface area contributed by atoms with E-state index < -0.39 is 0 Å². The van der Waals surface area contributed by atoms with E-state index in [4.69, 9.17) is 0 Å². The molecule has 0 spiro atoms. The highest BCUT2D eigenvalue weighted by Crippen LogP contribution is 2.23. The number of piperidine rings is 1. The zero-order chi connectivity index (χ0) is 15.9. The Bertz CT molecular complexity index is 479. The highest BCUT2D eigenvalue weighted by molar-refractivity contribution is 5.93. The lowest BCUT2D eigenvalue weighted by Crippen LogP contribution is -2.41. The lowest BCUT2D eigenvalue weighted by atomic mass is 9.97. The Hall–Kier alpha value is -1.39. The van der Waals surface area contributed by atoms with Crippen LogP contribution in [-0.2, 0) is 4.79 Å². The summed E-state index contributed by atoms with van der Waals surface area (Å²) >= 11 is 0. The largest absolute Gasteiger partial charge is 0.325 e. The molecule has 1 amide bonds. The molecule has 1 aliphatic heterocycles. The van der Waals surface area contributed by atoms with Crippen LogP contribution in [0.25, 0.3) is 0 Å². The number of para-hydroxylation sites is 1. The number of hydrogen-bond donors (Lipinski definition) is 2. The first kappa shape index (κ1) is 17.0. The minimum Gasteiger partial charge on any atom is -0.325 e. The van der Waals surface area contributed by atoms with Crippen molar-refractivity contribution in [2.45, 2.75) is 32.6 Å². The number of carbonyl (C=O) groups excluding carboxylic acids is 1. The SMILES string of the molecule is CNCC1CCN(CC(=O)Nc2ccccc2C(C)C)CC1. The molecule has 1 fully saturated rings. The van der Waals surface area contributed by atoms with Crippen molar-refractivity contribution >= 4 is 11.6 Å². The molecule has 1 heterocycles. The van der Waals surface area contributed by atoms with Crippen LogP contribution < -0.4 is 10.6 Å². The van der Waals surface area contributed by atoms with Gasteiger partial charge in [0, 0.05) is 5.69 Å². The van der Waals surface area contributed by atoms with Crippen LogP contribution in [-0.4, -0.2) is 44.0 Å². The number of nitrogens with one attached hydrogen (secondary N) is 2. The van der Waals surface area contributed by atoms with Gasteiger partial charge in [0.1, 0.15) is 0 Å². The van der Waals surface area contributed by atoms with Crippen molar-refractivity contribution in [1.29, 1.82) is 0 Å². The van der Waals surface area contributed by atoms with Crippen LogP contribution >= 0.6 is 0 Å². The summed E-state index contributed by atoms with van der Waals surface area (Å²) in [7, 11) is 2.01. The lowest BCUT2D eigenvalue weighted by molar-refractivity contribution is -0.117. The molecule has 1 saturated heterocycles. The minimum atomic E-state index is 0.0974. The van der Waals surface area contributed by atoms with E-state index in [1.807, 2.05) is 25.2 Å². The highest BCUT2D eigenvalue weighted by Gasteiger charge is 2.20. The van der Waals surface area contributed by atoms with Crippen LogP contribution in [0.4, 0.5) is 5.69 Å². The van der Waals surface area contributed by atoms with Gasteiger partial charge in [-0.15, -0.1) is 0 Å². The first-order valence-corrected chi connectivity index (χ1v) is 8.36. The molecular formula is C18H29N3O. The first-order chi connectivity index (χ1) is 10.6. The van der Waals surface area contributed by atoms with Gasteiger partial charge in [-0.05, 0) is 63.0 Å². The molecule has 1 aliphatic rings. The van der Waals surface area contributed by atoms with Crippen molar-refractivity contribution in [2.75, 3.05) is 38.5 Å². The predicted molar refractivity (Wildman–Crippen MR) is 92.3 cm³/mol. The topological polar surface area (TPSA) is 44.4 Å². The number of nitrogens with zero attached hydrogens (tertiary/aromatic N) is 1. The van der Waals surface area contributed by atoms with Gasteiger partial charge in [-0.25, -0.2) is 0 Å². The van der Waals surface area contributed by atoms with Gasteiger partial charge in [-0.2, -0.15) is 0 Å². The molecular weight excluding hydrogens is 274 g/mol. The average Bonchev–Trinajstić information content (AvgIpc) is 2.50. The number of likely N-dealkylation sites (tertiary alicyclic amines) is 1. The molecule has 0 unspecified atom stereocenters. The molecule has 0 aliphatic carbocycles. The summed E-state index contributed by atoms with van der Waals surface area (Å²) in [4.78, 5) is 14.6. The van der Waals surface area contributed by atoms with Crippen molar-refractivity contribution < 1.29 is 4.79 Å². The molecule has 0 atom stereocenters. The Morgan fingerprint density at radius 3 is 2.59 bits per heavy atom.